The molecule has 0 aliphatic rings. The van der Waals surface area contributed by atoms with Crippen molar-refractivity contribution in [1.29, 1.82) is 0 Å². The van der Waals surface area contributed by atoms with Gasteiger partial charge in [0.1, 0.15) is 5.75 Å². The van der Waals surface area contributed by atoms with E-state index >= 15 is 0 Å². The van der Waals surface area contributed by atoms with Crippen LogP contribution in [-0.4, -0.2) is 21.7 Å². The molecule has 0 aliphatic carbocycles. The first-order chi connectivity index (χ1) is 12.8. The van der Waals surface area contributed by atoms with Crippen molar-refractivity contribution in [3.8, 4) is 34.0 Å². The van der Waals surface area contributed by atoms with Gasteiger partial charge in [0.2, 0.25) is 0 Å². The molecular weight excluding hydrogens is 324 g/mol. The summed E-state index contributed by atoms with van der Waals surface area (Å²) in [7, 11) is 0. The average molecular weight is 348 g/mol. The highest BCUT2D eigenvalue weighted by Crippen LogP contribution is 2.25. The molecule has 0 aliphatic heterocycles. The van der Waals surface area contributed by atoms with Gasteiger partial charge >= 0.3 is 0 Å². The van der Waals surface area contributed by atoms with Crippen molar-refractivity contribution in [3.05, 3.63) is 60.9 Å². The Morgan fingerprint density at radius 2 is 1.35 bits per heavy atom. The predicted octanol–water partition coefficient (Wildman–Crippen LogP) is 5.48. The number of unbranched alkanes of at least 4 members (excludes halogenated alkanes) is 3. The maximum atomic E-state index is 9.38. The Labute approximate surface area is 154 Å². The number of benzene rings is 2. The Bertz CT molecular complexity index is 797. The number of ether oxygens (including phenoxy) is 1. The van der Waals surface area contributed by atoms with E-state index in [1.807, 2.05) is 36.4 Å². The quantitative estimate of drug-likeness (QED) is 0.548. The van der Waals surface area contributed by atoms with Gasteiger partial charge in [-0.2, -0.15) is 0 Å². The van der Waals surface area contributed by atoms with Crippen molar-refractivity contribution in [3.63, 3.8) is 0 Å². The number of aromatic nitrogens is 2. The number of hydrogen-bond acceptors (Lipinski definition) is 4. The molecule has 0 saturated heterocycles. The minimum Gasteiger partial charge on any atom is -0.508 e. The zero-order valence-electron chi connectivity index (χ0n) is 15.1. The van der Waals surface area contributed by atoms with E-state index in [2.05, 4.69) is 16.9 Å². The van der Waals surface area contributed by atoms with E-state index in [9.17, 15) is 5.11 Å². The largest absolute Gasteiger partial charge is 0.508 e. The zero-order valence-corrected chi connectivity index (χ0v) is 15.1. The second-order valence-electron chi connectivity index (χ2n) is 6.28. The van der Waals surface area contributed by atoms with Crippen molar-refractivity contribution in [2.24, 2.45) is 0 Å². The standard InChI is InChI=1S/C22H24N2O2/c1-2-3-4-5-14-26-21-15-23-22(24-16-21)19-8-6-17(7-9-19)18-10-12-20(25)13-11-18/h6-13,15-16,25H,2-5,14H2,1H3. The first-order valence-electron chi connectivity index (χ1n) is 9.11. The molecule has 4 heteroatoms. The summed E-state index contributed by atoms with van der Waals surface area (Å²) in [6.07, 6.45) is 8.20. The van der Waals surface area contributed by atoms with Gasteiger partial charge in [-0.1, -0.05) is 62.6 Å². The molecule has 1 N–H and O–H groups in total. The van der Waals surface area contributed by atoms with Crippen LogP contribution in [-0.2, 0) is 0 Å². The Hall–Kier alpha value is -2.88. The lowest BCUT2D eigenvalue weighted by Gasteiger charge is -2.07. The smallest absolute Gasteiger partial charge is 0.159 e. The van der Waals surface area contributed by atoms with E-state index in [0.29, 0.717) is 18.2 Å². The molecule has 0 unspecified atom stereocenters. The van der Waals surface area contributed by atoms with Crippen LogP contribution in [0.1, 0.15) is 32.6 Å². The predicted molar refractivity (Wildman–Crippen MR) is 104 cm³/mol. The fourth-order valence-electron chi connectivity index (χ4n) is 2.72. The van der Waals surface area contributed by atoms with Gasteiger partial charge in [-0.25, -0.2) is 9.97 Å². The minimum absolute atomic E-state index is 0.270. The van der Waals surface area contributed by atoms with Gasteiger partial charge in [-0.3, -0.25) is 0 Å². The van der Waals surface area contributed by atoms with Crippen LogP contribution in [0.3, 0.4) is 0 Å². The highest BCUT2D eigenvalue weighted by Gasteiger charge is 2.04. The lowest BCUT2D eigenvalue weighted by Crippen LogP contribution is -1.99. The lowest BCUT2D eigenvalue weighted by atomic mass is 10.0. The molecule has 0 bridgehead atoms. The summed E-state index contributed by atoms with van der Waals surface area (Å²) in [6, 6.07) is 15.2. The molecule has 134 valence electrons. The Morgan fingerprint density at radius 1 is 0.769 bits per heavy atom. The Morgan fingerprint density at radius 3 is 1.96 bits per heavy atom. The number of phenolic OH excluding ortho intramolecular Hbond substituents is 1. The van der Waals surface area contributed by atoms with Crippen LogP contribution in [0.2, 0.25) is 0 Å². The molecule has 0 spiro atoms. The molecule has 0 fully saturated rings. The third-order valence-corrected chi connectivity index (χ3v) is 4.24. The van der Waals surface area contributed by atoms with Crippen LogP contribution in [0.4, 0.5) is 0 Å². The van der Waals surface area contributed by atoms with Crippen LogP contribution in [0.5, 0.6) is 11.5 Å². The monoisotopic (exact) mass is 348 g/mol. The van der Waals surface area contributed by atoms with Crippen LogP contribution < -0.4 is 4.74 Å². The van der Waals surface area contributed by atoms with Crippen LogP contribution >= 0.6 is 0 Å². The van der Waals surface area contributed by atoms with E-state index in [1.54, 1.807) is 24.5 Å². The number of phenols is 1. The molecule has 3 rings (SSSR count). The third kappa shape index (κ3) is 4.82. The fourth-order valence-corrected chi connectivity index (χ4v) is 2.72. The van der Waals surface area contributed by atoms with E-state index in [4.69, 9.17) is 4.74 Å². The van der Waals surface area contributed by atoms with Crippen LogP contribution in [0.25, 0.3) is 22.5 Å². The van der Waals surface area contributed by atoms with Gasteiger partial charge in [-0.15, -0.1) is 0 Å². The van der Waals surface area contributed by atoms with Crippen molar-refractivity contribution in [2.75, 3.05) is 6.61 Å². The summed E-state index contributed by atoms with van der Waals surface area (Å²) in [4.78, 5) is 8.82. The summed E-state index contributed by atoms with van der Waals surface area (Å²) in [5.74, 6) is 1.66. The first-order valence-corrected chi connectivity index (χ1v) is 9.11. The van der Waals surface area contributed by atoms with Gasteiger partial charge in [0, 0.05) is 5.56 Å². The van der Waals surface area contributed by atoms with Crippen LogP contribution in [0.15, 0.2) is 60.9 Å². The van der Waals surface area contributed by atoms with Crippen molar-refractivity contribution in [2.45, 2.75) is 32.6 Å². The molecule has 2 aromatic carbocycles. The Balaban J connectivity index is 1.61. The second-order valence-corrected chi connectivity index (χ2v) is 6.28. The molecule has 0 radical (unpaired) electrons. The third-order valence-electron chi connectivity index (χ3n) is 4.24. The summed E-state index contributed by atoms with van der Waals surface area (Å²) in [6.45, 7) is 2.91. The molecule has 0 amide bonds. The summed E-state index contributed by atoms with van der Waals surface area (Å²) in [5, 5.41) is 9.38. The molecule has 0 atom stereocenters. The summed E-state index contributed by atoms with van der Waals surface area (Å²) in [5.41, 5.74) is 3.10. The maximum Gasteiger partial charge on any atom is 0.159 e. The van der Waals surface area contributed by atoms with Gasteiger partial charge in [0.25, 0.3) is 0 Å². The van der Waals surface area contributed by atoms with Crippen molar-refractivity contribution < 1.29 is 9.84 Å². The maximum absolute atomic E-state index is 9.38. The number of rotatable bonds is 8. The highest BCUT2D eigenvalue weighted by molar-refractivity contribution is 5.68. The van der Waals surface area contributed by atoms with E-state index in [1.165, 1.54) is 19.3 Å². The van der Waals surface area contributed by atoms with Crippen molar-refractivity contribution >= 4 is 0 Å². The minimum atomic E-state index is 0.270. The number of hydrogen-bond donors (Lipinski definition) is 1. The van der Waals surface area contributed by atoms with Crippen LogP contribution in [0, 0.1) is 0 Å². The SMILES string of the molecule is CCCCCCOc1cnc(-c2ccc(-c3ccc(O)cc3)cc2)nc1. The summed E-state index contributed by atoms with van der Waals surface area (Å²) >= 11 is 0. The van der Waals surface area contributed by atoms with Crippen molar-refractivity contribution in [1.82, 2.24) is 9.97 Å². The number of aromatic hydroxyl groups is 1. The molecule has 0 saturated carbocycles. The molecule has 1 heterocycles. The van der Waals surface area contributed by atoms with Gasteiger partial charge in [0.15, 0.2) is 11.6 Å². The number of nitrogens with zero attached hydrogens (tertiary/aromatic N) is 2. The molecule has 1 aromatic heterocycles. The molecule has 3 aromatic rings. The molecule has 4 nitrogen and oxygen atoms in total. The first kappa shape index (κ1) is 17.9. The topological polar surface area (TPSA) is 55.2 Å². The average Bonchev–Trinajstić information content (AvgIpc) is 2.69. The highest BCUT2D eigenvalue weighted by atomic mass is 16.5. The molecular formula is C22H24N2O2. The Kier molecular flexibility index (Phi) is 6.20. The van der Waals surface area contributed by atoms with Gasteiger partial charge < -0.3 is 9.84 Å². The second kappa shape index (κ2) is 8.99. The summed E-state index contributed by atoms with van der Waals surface area (Å²) < 4.78 is 5.68. The van der Waals surface area contributed by atoms with E-state index in [-0.39, 0.29) is 5.75 Å². The zero-order chi connectivity index (χ0) is 18.2. The fraction of sp³-hybridized carbons (Fsp3) is 0.273. The van der Waals surface area contributed by atoms with E-state index < -0.39 is 0 Å². The van der Waals surface area contributed by atoms with Gasteiger partial charge in [-0.05, 0) is 29.7 Å². The van der Waals surface area contributed by atoms with E-state index in [0.717, 1.165) is 23.1 Å². The van der Waals surface area contributed by atoms with Gasteiger partial charge in [0.05, 0.1) is 19.0 Å². The molecule has 26 heavy (non-hydrogen) atoms. The normalized spacial score (nSPS) is 10.7. The lowest BCUT2D eigenvalue weighted by molar-refractivity contribution is 0.303.